The van der Waals surface area contributed by atoms with E-state index < -0.39 is 23.6 Å². The molecule has 0 radical (unpaired) electrons. The van der Waals surface area contributed by atoms with E-state index in [0.29, 0.717) is 6.07 Å². The van der Waals surface area contributed by atoms with E-state index in [1.165, 1.54) is 0 Å². The monoisotopic (exact) mass is 257 g/mol. The highest BCUT2D eigenvalue weighted by molar-refractivity contribution is 5.94. The number of aromatic carboxylic acids is 1. The third-order valence-electron chi connectivity index (χ3n) is 1.49. The number of carboxylic acid groups (broad SMARTS) is 1. The standard InChI is InChI=1S/C8H6F3NO3.ClH/c9-8(10,11)15-4-1-2-6(12)5(3-4)7(13)14;/h1-3H,12H2,(H,13,14);1H. The van der Waals surface area contributed by atoms with Gasteiger partial charge in [-0.2, -0.15) is 0 Å². The fourth-order valence-electron chi connectivity index (χ4n) is 0.918. The van der Waals surface area contributed by atoms with Crippen LogP contribution in [-0.2, 0) is 0 Å². The molecular weight excluding hydrogens is 251 g/mol. The van der Waals surface area contributed by atoms with Crippen molar-refractivity contribution in [2.24, 2.45) is 0 Å². The molecule has 0 saturated heterocycles. The minimum atomic E-state index is -4.86. The molecule has 0 saturated carbocycles. The number of benzene rings is 1. The molecule has 0 unspecified atom stereocenters. The molecule has 0 fully saturated rings. The van der Waals surface area contributed by atoms with Crippen LogP contribution in [0.3, 0.4) is 0 Å². The quantitative estimate of drug-likeness (QED) is 0.797. The molecule has 16 heavy (non-hydrogen) atoms. The van der Waals surface area contributed by atoms with Crippen molar-refractivity contribution in [3.63, 3.8) is 0 Å². The Hall–Kier alpha value is -1.63. The van der Waals surface area contributed by atoms with Gasteiger partial charge in [0, 0.05) is 5.69 Å². The van der Waals surface area contributed by atoms with Gasteiger partial charge in [-0.05, 0) is 18.2 Å². The molecule has 0 aliphatic heterocycles. The highest BCUT2D eigenvalue weighted by Gasteiger charge is 2.31. The van der Waals surface area contributed by atoms with Crippen LogP contribution in [0.15, 0.2) is 18.2 Å². The van der Waals surface area contributed by atoms with Crippen LogP contribution in [0, 0.1) is 0 Å². The lowest BCUT2D eigenvalue weighted by molar-refractivity contribution is -0.274. The maximum atomic E-state index is 11.8. The van der Waals surface area contributed by atoms with Gasteiger partial charge in [0.25, 0.3) is 0 Å². The summed E-state index contributed by atoms with van der Waals surface area (Å²) in [7, 11) is 0. The van der Waals surface area contributed by atoms with Gasteiger partial charge in [-0.15, -0.1) is 25.6 Å². The first-order valence-electron chi connectivity index (χ1n) is 3.68. The van der Waals surface area contributed by atoms with E-state index in [9.17, 15) is 18.0 Å². The van der Waals surface area contributed by atoms with Crippen molar-refractivity contribution in [3.05, 3.63) is 23.8 Å². The van der Waals surface area contributed by atoms with Gasteiger partial charge in [0.2, 0.25) is 0 Å². The van der Waals surface area contributed by atoms with Gasteiger partial charge in [0.05, 0.1) is 5.56 Å². The average Bonchev–Trinajstić information content (AvgIpc) is 2.05. The van der Waals surface area contributed by atoms with E-state index in [2.05, 4.69) is 4.74 Å². The van der Waals surface area contributed by atoms with Crippen molar-refractivity contribution >= 4 is 24.1 Å². The lowest BCUT2D eigenvalue weighted by Crippen LogP contribution is -2.17. The van der Waals surface area contributed by atoms with Crippen LogP contribution in [0.2, 0.25) is 0 Å². The maximum Gasteiger partial charge on any atom is 0.573 e. The number of nitrogens with two attached hydrogens (primary N) is 1. The van der Waals surface area contributed by atoms with Gasteiger partial charge in [-0.1, -0.05) is 0 Å². The first-order chi connectivity index (χ1) is 6.79. The van der Waals surface area contributed by atoms with Gasteiger partial charge in [0.1, 0.15) is 5.75 Å². The van der Waals surface area contributed by atoms with Gasteiger partial charge in [0.15, 0.2) is 0 Å². The molecule has 1 aromatic rings. The fraction of sp³-hybridized carbons (Fsp3) is 0.125. The summed E-state index contributed by atoms with van der Waals surface area (Å²) in [5.74, 6) is -2.03. The highest BCUT2D eigenvalue weighted by atomic mass is 35.5. The maximum absolute atomic E-state index is 11.8. The Morgan fingerprint density at radius 1 is 1.38 bits per heavy atom. The van der Waals surface area contributed by atoms with E-state index in [4.69, 9.17) is 10.8 Å². The van der Waals surface area contributed by atoms with Gasteiger partial charge < -0.3 is 15.6 Å². The molecule has 3 N–H and O–H groups in total. The summed E-state index contributed by atoms with van der Waals surface area (Å²) in [5, 5.41) is 8.57. The number of alkyl halides is 3. The number of hydrogen-bond donors (Lipinski definition) is 2. The molecule has 0 amide bonds. The molecule has 0 atom stereocenters. The first-order valence-corrected chi connectivity index (χ1v) is 3.68. The molecule has 90 valence electrons. The fourth-order valence-corrected chi connectivity index (χ4v) is 0.918. The molecule has 0 spiro atoms. The molecule has 1 rings (SSSR count). The van der Waals surface area contributed by atoms with E-state index in [1.54, 1.807) is 0 Å². The number of hydrogen-bond acceptors (Lipinski definition) is 3. The second-order valence-corrected chi connectivity index (χ2v) is 2.60. The van der Waals surface area contributed by atoms with Crippen molar-refractivity contribution in [3.8, 4) is 5.75 Å². The number of ether oxygens (including phenoxy) is 1. The van der Waals surface area contributed by atoms with Crippen molar-refractivity contribution in [2.45, 2.75) is 6.36 Å². The zero-order chi connectivity index (χ0) is 11.6. The van der Waals surface area contributed by atoms with Gasteiger partial charge in [-0.3, -0.25) is 0 Å². The van der Waals surface area contributed by atoms with E-state index >= 15 is 0 Å². The van der Waals surface area contributed by atoms with Gasteiger partial charge >= 0.3 is 12.3 Å². The molecule has 1 aromatic carbocycles. The predicted octanol–water partition coefficient (Wildman–Crippen LogP) is 2.29. The molecule has 0 heterocycles. The highest BCUT2D eigenvalue weighted by Crippen LogP contribution is 2.25. The summed E-state index contributed by atoms with van der Waals surface area (Å²) in [6.07, 6.45) is -4.86. The van der Waals surface area contributed by atoms with Crippen LogP contribution < -0.4 is 10.5 Å². The summed E-state index contributed by atoms with van der Waals surface area (Å²) >= 11 is 0. The summed E-state index contributed by atoms with van der Waals surface area (Å²) in [6.45, 7) is 0. The first kappa shape index (κ1) is 14.4. The lowest BCUT2D eigenvalue weighted by atomic mass is 10.2. The lowest BCUT2D eigenvalue weighted by Gasteiger charge is -2.09. The Bertz CT molecular complexity index is 395. The molecule has 8 heteroatoms. The average molecular weight is 258 g/mol. The Morgan fingerprint density at radius 2 is 1.94 bits per heavy atom. The summed E-state index contributed by atoms with van der Waals surface area (Å²) < 4.78 is 38.9. The zero-order valence-electron chi connectivity index (χ0n) is 7.62. The molecule has 0 aromatic heterocycles. The Morgan fingerprint density at radius 3 is 2.38 bits per heavy atom. The third kappa shape index (κ3) is 3.85. The number of anilines is 1. The van der Waals surface area contributed by atoms with Gasteiger partial charge in [-0.25, -0.2) is 4.79 Å². The van der Waals surface area contributed by atoms with Crippen LogP contribution in [0.5, 0.6) is 5.75 Å². The summed E-state index contributed by atoms with van der Waals surface area (Å²) in [4.78, 5) is 10.5. The molecule has 4 nitrogen and oxygen atoms in total. The third-order valence-corrected chi connectivity index (χ3v) is 1.49. The number of nitrogen functional groups attached to an aromatic ring is 1. The normalized spacial score (nSPS) is 10.4. The molecular formula is C8H7ClF3NO3. The van der Waals surface area contributed by atoms with Crippen LogP contribution in [0.1, 0.15) is 10.4 Å². The minimum Gasteiger partial charge on any atom is -0.478 e. The number of halogens is 4. The Balaban J connectivity index is 0.00000225. The van der Waals surface area contributed by atoms with E-state index in [0.717, 1.165) is 12.1 Å². The van der Waals surface area contributed by atoms with Crippen molar-refractivity contribution < 1.29 is 27.8 Å². The Labute approximate surface area is 94.2 Å². The van der Waals surface area contributed by atoms with Crippen LogP contribution in [-0.4, -0.2) is 17.4 Å². The molecule has 0 bridgehead atoms. The topological polar surface area (TPSA) is 72.5 Å². The number of carbonyl (C=O) groups is 1. The number of rotatable bonds is 2. The van der Waals surface area contributed by atoms with E-state index in [1.807, 2.05) is 0 Å². The zero-order valence-corrected chi connectivity index (χ0v) is 8.43. The van der Waals surface area contributed by atoms with Crippen LogP contribution >= 0.6 is 12.4 Å². The van der Waals surface area contributed by atoms with E-state index in [-0.39, 0.29) is 18.1 Å². The summed E-state index contributed by atoms with van der Waals surface area (Å²) in [6, 6.07) is 2.69. The second kappa shape index (κ2) is 4.93. The minimum absolute atomic E-state index is 0. The predicted molar refractivity (Wildman–Crippen MR) is 51.7 cm³/mol. The Kier molecular flexibility index (Phi) is 4.43. The largest absolute Gasteiger partial charge is 0.573 e. The molecule has 0 aliphatic rings. The SMILES string of the molecule is Cl.Nc1ccc(OC(F)(F)F)cc1C(=O)O. The van der Waals surface area contributed by atoms with Crippen molar-refractivity contribution in [2.75, 3.05) is 5.73 Å². The summed E-state index contributed by atoms with van der Waals surface area (Å²) in [5.41, 5.74) is 4.68. The van der Waals surface area contributed by atoms with Crippen LogP contribution in [0.4, 0.5) is 18.9 Å². The molecule has 0 aliphatic carbocycles. The van der Waals surface area contributed by atoms with Crippen molar-refractivity contribution in [1.82, 2.24) is 0 Å². The smallest absolute Gasteiger partial charge is 0.478 e. The van der Waals surface area contributed by atoms with Crippen LogP contribution in [0.25, 0.3) is 0 Å². The number of carboxylic acids is 1. The van der Waals surface area contributed by atoms with Crippen molar-refractivity contribution in [1.29, 1.82) is 0 Å². The second-order valence-electron chi connectivity index (χ2n) is 2.60.